The molecule has 0 aliphatic carbocycles. The zero-order valence-corrected chi connectivity index (χ0v) is 10.5. The van der Waals surface area contributed by atoms with Crippen LogP contribution in [0.4, 0.5) is 11.4 Å². The number of rotatable bonds is 6. The van der Waals surface area contributed by atoms with E-state index in [-0.39, 0.29) is 17.2 Å². The Kier molecular flexibility index (Phi) is 4.14. The maximum absolute atomic E-state index is 10.5. The van der Waals surface area contributed by atoms with Crippen molar-refractivity contribution in [3.63, 3.8) is 0 Å². The van der Waals surface area contributed by atoms with Crippen LogP contribution in [0.1, 0.15) is 0 Å². The second-order valence-electron chi connectivity index (χ2n) is 3.75. The van der Waals surface area contributed by atoms with E-state index in [4.69, 9.17) is 0 Å². The molecule has 0 heterocycles. The van der Waals surface area contributed by atoms with Crippen LogP contribution in [0.2, 0.25) is 0 Å². The topological polar surface area (TPSA) is 117 Å². The highest BCUT2D eigenvalue weighted by Gasteiger charge is 2.16. The predicted octanol–water partition coefficient (Wildman–Crippen LogP) is 2.57. The van der Waals surface area contributed by atoms with E-state index in [1.54, 1.807) is 30.3 Å². The highest BCUT2D eigenvalue weighted by Crippen LogP contribution is 2.37. The average molecular weight is 291 g/mol. The van der Waals surface area contributed by atoms with Gasteiger partial charge in [-0.1, -0.05) is 24.3 Å². The first-order chi connectivity index (χ1) is 10.1. The van der Waals surface area contributed by atoms with Gasteiger partial charge in [0.15, 0.2) is 11.5 Å². The van der Waals surface area contributed by atoms with Gasteiger partial charge in [0.2, 0.25) is 0 Å². The first kappa shape index (κ1) is 14.1. The van der Waals surface area contributed by atoms with Crippen molar-refractivity contribution in [3.8, 4) is 11.5 Å². The van der Waals surface area contributed by atoms with Crippen LogP contribution in [0.25, 0.3) is 0 Å². The zero-order valence-electron chi connectivity index (χ0n) is 10.5. The van der Waals surface area contributed by atoms with Crippen molar-refractivity contribution in [2.24, 2.45) is 0 Å². The smallest absolute Gasteiger partial charge is 0.299 e. The Morgan fingerprint density at radius 3 is 2.14 bits per heavy atom. The lowest BCUT2D eigenvalue weighted by Gasteiger charge is -2.13. The maximum atomic E-state index is 10.5. The molecule has 0 saturated carbocycles. The molecule has 108 valence electrons. The SMILES string of the molecule is O=[N+]([O-])Oc1cccc(Nc2ccccc2)c1O[N+](=O)[O-]. The average Bonchev–Trinajstić information content (AvgIpc) is 2.42. The molecule has 0 spiro atoms. The molecule has 0 aliphatic rings. The molecule has 0 aliphatic heterocycles. The second kappa shape index (κ2) is 6.19. The minimum atomic E-state index is -1.07. The largest absolute Gasteiger partial charge is 0.354 e. The second-order valence-corrected chi connectivity index (χ2v) is 3.75. The molecule has 0 unspecified atom stereocenters. The lowest BCUT2D eigenvalue weighted by Crippen LogP contribution is -2.10. The molecule has 2 aromatic rings. The summed E-state index contributed by atoms with van der Waals surface area (Å²) in [6.07, 6.45) is 0. The van der Waals surface area contributed by atoms with Gasteiger partial charge in [0.05, 0.1) is 5.69 Å². The fourth-order valence-corrected chi connectivity index (χ4v) is 1.61. The van der Waals surface area contributed by atoms with Gasteiger partial charge in [-0.05, 0) is 24.3 Å². The minimum absolute atomic E-state index is 0.164. The van der Waals surface area contributed by atoms with Crippen molar-refractivity contribution in [3.05, 3.63) is 68.8 Å². The molecule has 0 amide bonds. The standard InChI is InChI=1S/C12H9N3O6/c16-14(17)20-11-8-4-7-10(12(11)21-15(18)19)13-9-5-2-1-3-6-9/h1-8,13H. The summed E-state index contributed by atoms with van der Waals surface area (Å²) in [6.45, 7) is 0. The van der Waals surface area contributed by atoms with Crippen LogP contribution in [-0.4, -0.2) is 10.2 Å². The Labute approximate surface area is 117 Å². The van der Waals surface area contributed by atoms with Crippen LogP contribution < -0.4 is 15.0 Å². The summed E-state index contributed by atoms with van der Waals surface area (Å²) in [4.78, 5) is 29.6. The van der Waals surface area contributed by atoms with Crippen molar-refractivity contribution < 1.29 is 19.8 Å². The van der Waals surface area contributed by atoms with Crippen molar-refractivity contribution in [2.75, 3.05) is 5.32 Å². The van der Waals surface area contributed by atoms with E-state index in [0.717, 1.165) is 0 Å². The molecule has 0 saturated heterocycles. The van der Waals surface area contributed by atoms with Crippen LogP contribution in [0.5, 0.6) is 11.5 Å². The van der Waals surface area contributed by atoms with Crippen LogP contribution in [0, 0.1) is 20.2 Å². The first-order valence-corrected chi connectivity index (χ1v) is 5.66. The summed E-state index contributed by atoms with van der Waals surface area (Å²) in [7, 11) is 0. The molecule has 2 aromatic carbocycles. The Hall–Kier alpha value is -3.36. The molecule has 2 rings (SSSR count). The molecule has 0 aromatic heterocycles. The highest BCUT2D eigenvalue weighted by molar-refractivity contribution is 5.69. The van der Waals surface area contributed by atoms with Gasteiger partial charge in [-0.3, -0.25) is 9.68 Å². The summed E-state index contributed by atoms with van der Waals surface area (Å²) in [6, 6.07) is 12.9. The number of anilines is 2. The monoisotopic (exact) mass is 291 g/mol. The Morgan fingerprint density at radius 1 is 0.857 bits per heavy atom. The Morgan fingerprint density at radius 2 is 1.52 bits per heavy atom. The number of nitrogens with one attached hydrogen (secondary N) is 1. The third kappa shape index (κ3) is 3.80. The lowest BCUT2D eigenvalue weighted by molar-refractivity contribution is -0.721. The van der Waals surface area contributed by atoms with Crippen LogP contribution in [0.3, 0.4) is 0 Å². The molecule has 21 heavy (non-hydrogen) atoms. The molecule has 0 fully saturated rings. The van der Waals surface area contributed by atoms with E-state index in [2.05, 4.69) is 15.0 Å². The van der Waals surface area contributed by atoms with Crippen molar-refractivity contribution in [2.45, 2.75) is 0 Å². The van der Waals surface area contributed by atoms with Gasteiger partial charge in [-0.25, -0.2) is 0 Å². The Balaban J connectivity index is 2.39. The van der Waals surface area contributed by atoms with Gasteiger partial charge in [-0.2, -0.15) is 0 Å². The molecular weight excluding hydrogens is 282 g/mol. The van der Waals surface area contributed by atoms with E-state index in [9.17, 15) is 20.2 Å². The van der Waals surface area contributed by atoms with E-state index in [0.29, 0.717) is 5.69 Å². The van der Waals surface area contributed by atoms with E-state index < -0.39 is 10.2 Å². The minimum Gasteiger partial charge on any atom is -0.354 e. The predicted molar refractivity (Wildman–Crippen MR) is 71.4 cm³/mol. The van der Waals surface area contributed by atoms with Crippen LogP contribution in [-0.2, 0) is 0 Å². The fourth-order valence-electron chi connectivity index (χ4n) is 1.61. The van der Waals surface area contributed by atoms with Crippen LogP contribution >= 0.6 is 0 Å². The number of benzene rings is 2. The van der Waals surface area contributed by atoms with Crippen molar-refractivity contribution in [1.82, 2.24) is 0 Å². The molecule has 0 bridgehead atoms. The third-order valence-electron chi connectivity index (χ3n) is 2.37. The van der Waals surface area contributed by atoms with E-state index in [1.807, 2.05) is 0 Å². The van der Waals surface area contributed by atoms with Gasteiger partial charge in [-0.15, -0.1) is 20.2 Å². The molecule has 0 atom stereocenters. The zero-order chi connectivity index (χ0) is 15.2. The molecule has 9 nitrogen and oxygen atoms in total. The highest BCUT2D eigenvalue weighted by atomic mass is 17.0. The summed E-state index contributed by atoms with van der Waals surface area (Å²) < 4.78 is 0. The lowest BCUT2D eigenvalue weighted by atomic mass is 10.2. The summed E-state index contributed by atoms with van der Waals surface area (Å²) >= 11 is 0. The number of hydrogen-bond donors (Lipinski definition) is 1. The number of nitrogens with zero attached hydrogens (tertiary/aromatic N) is 2. The fraction of sp³-hybridized carbons (Fsp3) is 0. The Bertz CT molecular complexity index is 661. The van der Waals surface area contributed by atoms with Gasteiger partial charge in [0, 0.05) is 5.69 Å². The van der Waals surface area contributed by atoms with Crippen molar-refractivity contribution >= 4 is 11.4 Å². The molecular formula is C12H9N3O6. The normalized spacial score (nSPS) is 9.71. The first-order valence-electron chi connectivity index (χ1n) is 5.66. The van der Waals surface area contributed by atoms with E-state index in [1.165, 1.54) is 18.2 Å². The maximum Gasteiger partial charge on any atom is 0.299 e. The van der Waals surface area contributed by atoms with Gasteiger partial charge in [0.25, 0.3) is 10.2 Å². The third-order valence-corrected chi connectivity index (χ3v) is 2.37. The van der Waals surface area contributed by atoms with Gasteiger partial charge < -0.3 is 5.32 Å². The summed E-state index contributed by atoms with van der Waals surface area (Å²) in [5.74, 6) is -0.763. The number of hydrogen-bond acceptors (Lipinski definition) is 7. The quantitative estimate of drug-likeness (QED) is 0.642. The van der Waals surface area contributed by atoms with Crippen LogP contribution in [0.15, 0.2) is 48.5 Å². The van der Waals surface area contributed by atoms with E-state index >= 15 is 0 Å². The van der Waals surface area contributed by atoms with Gasteiger partial charge >= 0.3 is 0 Å². The molecule has 9 heteroatoms. The molecule has 0 radical (unpaired) electrons. The van der Waals surface area contributed by atoms with Gasteiger partial charge in [0.1, 0.15) is 0 Å². The summed E-state index contributed by atoms with van der Waals surface area (Å²) in [5.41, 5.74) is 0.793. The molecule has 1 N–H and O–H groups in total. The van der Waals surface area contributed by atoms with Crippen molar-refractivity contribution in [1.29, 1.82) is 0 Å². The number of para-hydroxylation sites is 2. The summed E-state index contributed by atoms with van der Waals surface area (Å²) in [5, 5.41) is 21.7.